The standard InChI is InChI=1S/C24H21N9O5/c1-14-6-7-18(12-15(14)2)27-23-28-22(26-17-8-10-19(11-9-17)32(35)36)29-24(30-23)31-25-13-16-4-3-5-20(21(16)34)33(37)38/h3-13,34H,1-2H3,(H3,26,27,28,29,30,31)/b25-13+. The van der Waals surface area contributed by atoms with Crippen molar-refractivity contribution in [3.63, 3.8) is 0 Å². The van der Waals surface area contributed by atoms with Crippen LogP contribution in [0.15, 0.2) is 65.8 Å². The summed E-state index contributed by atoms with van der Waals surface area (Å²) in [6.45, 7) is 3.97. The topological polar surface area (TPSA) is 194 Å². The van der Waals surface area contributed by atoms with Crippen molar-refractivity contribution in [3.8, 4) is 5.75 Å². The van der Waals surface area contributed by atoms with Crippen molar-refractivity contribution in [2.24, 2.45) is 5.10 Å². The third-order valence-electron chi connectivity index (χ3n) is 5.34. The molecule has 1 heterocycles. The first-order chi connectivity index (χ1) is 18.2. The summed E-state index contributed by atoms with van der Waals surface area (Å²) < 4.78 is 0. The van der Waals surface area contributed by atoms with Crippen LogP contribution in [0, 0.1) is 34.1 Å². The molecule has 3 aromatic carbocycles. The molecule has 4 rings (SSSR count). The Morgan fingerprint density at radius 3 is 2.08 bits per heavy atom. The third kappa shape index (κ3) is 6.12. The molecule has 0 atom stereocenters. The summed E-state index contributed by atoms with van der Waals surface area (Å²) in [5, 5.41) is 42.1. The molecule has 0 bridgehead atoms. The smallest absolute Gasteiger partial charge is 0.311 e. The van der Waals surface area contributed by atoms with Gasteiger partial charge in [0.15, 0.2) is 0 Å². The lowest BCUT2D eigenvalue weighted by Crippen LogP contribution is -2.07. The van der Waals surface area contributed by atoms with E-state index in [4.69, 9.17) is 0 Å². The average molecular weight is 515 g/mol. The van der Waals surface area contributed by atoms with Gasteiger partial charge in [0.1, 0.15) is 0 Å². The molecular formula is C24H21N9O5. The molecule has 4 N–H and O–H groups in total. The predicted octanol–water partition coefficient (Wildman–Crippen LogP) is 4.94. The Labute approximate surface area is 215 Å². The number of aromatic hydroxyl groups is 1. The lowest BCUT2D eigenvalue weighted by atomic mass is 10.1. The van der Waals surface area contributed by atoms with E-state index in [0.717, 1.165) is 16.8 Å². The van der Waals surface area contributed by atoms with Gasteiger partial charge in [-0.1, -0.05) is 12.1 Å². The fourth-order valence-electron chi connectivity index (χ4n) is 3.24. The second-order valence-electron chi connectivity index (χ2n) is 8.00. The highest BCUT2D eigenvalue weighted by Crippen LogP contribution is 2.28. The molecule has 192 valence electrons. The molecule has 0 spiro atoms. The van der Waals surface area contributed by atoms with Gasteiger partial charge >= 0.3 is 5.69 Å². The molecule has 0 fully saturated rings. The summed E-state index contributed by atoms with van der Waals surface area (Å²) in [7, 11) is 0. The number of nitrogens with zero attached hydrogens (tertiary/aromatic N) is 6. The number of nitro benzene ring substituents is 2. The van der Waals surface area contributed by atoms with Crippen molar-refractivity contribution >= 4 is 46.8 Å². The molecule has 0 aliphatic rings. The normalized spacial score (nSPS) is 10.8. The highest BCUT2D eigenvalue weighted by atomic mass is 16.6. The predicted molar refractivity (Wildman–Crippen MR) is 141 cm³/mol. The number of aromatic nitrogens is 3. The van der Waals surface area contributed by atoms with Crippen LogP contribution in [0.25, 0.3) is 0 Å². The summed E-state index contributed by atoms with van der Waals surface area (Å²) >= 11 is 0. The Bertz CT molecular complexity index is 1540. The van der Waals surface area contributed by atoms with Crippen molar-refractivity contribution in [1.29, 1.82) is 0 Å². The molecule has 0 amide bonds. The van der Waals surface area contributed by atoms with Crippen molar-refractivity contribution < 1.29 is 15.0 Å². The van der Waals surface area contributed by atoms with E-state index in [9.17, 15) is 25.3 Å². The van der Waals surface area contributed by atoms with E-state index in [1.807, 2.05) is 32.0 Å². The lowest BCUT2D eigenvalue weighted by molar-refractivity contribution is -0.385. The number of non-ortho nitro benzene ring substituents is 1. The maximum Gasteiger partial charge on any atom is 0.311 e. The van der Waals surface area contributed by atoms with Crippen LogP contribution in [0.1, 0.15) is 16.7 Å². The minimum absolute atomic E-state index is 0.0110. The first-order valence-corrected chi connectivity index (χ1v) is 11.1. The number of aryl methyl sites for hydroxylation is 2. The van der Waals surface area contributed by atoms with Crippen LogP contribution >= 0.6 is 0 Å². The van der Waals surface area contributed by atoms with Crippen molar-refractivity contribution in [2.45, 2.75) is 13.8 Å². The second-order valence-corrected chi connectivity index (χ2v) is 8.00. The highest BCUT2D eigenvalue weighted by molar-refractivity contribution is 5.86. The van der Waals surface area contributed by atoms with Gasteiger partial charge in [-0.2, -0.15) is 20.1 Å². The molecule has 4 aromatic rings. The van der Waals surface area contributed by atoms with E-state index >= 15 is 0 Å². The number of hydrogen-bond acceptors (Lipinski definition) is 12. The van der Waals surface area contributed by atoms with Gasteiger partial charge in [-0.3, -0.25) is 20.2 Å². The molecule has 38 heavy (non-hydrogen) atoms. The number of anilines is 5. The maximum atomic E-state index is 11.0. The number of nitro groups is 2. The molecule has 1 aromatic heterocycles. The van der Waals surface area contributed by atoms with E-state index in [1.165, 1.54) is 48.7 Å². The molecule has 0 saturated heterocycles. The zero-order chi connectivity index (χ0) is 27.2. The van der Waals surface area contributed by atoms with Crippen molar-refractivity contribution in [2.75, 3.05) is 16.1 Å². The monoisotopic (exact) mass is 515 g/mol. The first kappa shape index (κ1) is 25.4. The number of phenols is 1. The van der Waals surface area contributed by atoms with Crippen LogP contribution in [0.2, 0.25) is 0 Å². The number of para-hydroxylation sites is 1. The summed E-state index contributed by atoms with van der Waals surface area (Å²) in [5.74, 6) is -0.243. The minimum atomic E-state index is -0.701. The van der Waals surface area contributed by atoms with Gasteiger partial charge in [0.2, 0.25) is 23.6 Å². The minimum Gasteiger partial charge on any atom is -0.502 e. The first-order valence-electron chi connectivity index (χ1n) is 11.1. The molecular weight excluding hydrogens is 494 g/mol. The lowest BCUT2D eigenvalue weighted by Gasteiger charge is -2.11. The van der Waals surface area contributed by atoms with Crippen LogP contribution < -0.4 is 16.1 Å². The van der Waals surface area contributed by atoms with Crippen LogP contribution in [0.5, 0.6) is 5.75 Å². The van der Waals surface area contributed by atoms with Crippen LogP contribution in [0.4, 0.5) is 40.6 Å². The van der Waals surface area contributed by atoms with Crippen molar-refractivity contribution in [1.82, 2.24) is 15.0 Å². The Morgan fingerprint density at radius 2 is 1.45 bits per heavy atom. The molecule has 14 heteroatoms. The quantitative estimate of drug-likeness (QED) is 0.134. The van der Waals surface area contributed by atoms with Crippen LogP contribution in [-0.2, 0) is 0 Å². The van der Waals surface area contributed by atoms with Gasteiger partial charge in [-0.25, -0.2) is 5.43 Å². The van der Waals surface area contributed by atoms with E-state index in [2.05, 4.69) is 36.1 Å². The van der Waals surface area contributed by atoms with Gasteiger partial charge in [0.05, 0.1) is 16.1 Å². The average Bonchev–Trinajstić information content (AvgIpc) is 2.87. The van der Waals surface area contributed by atoms with Crippen LogP contribution in [0.3, 0.4) is 0 Å². The molecule has 0 radical (unpaired) electrons. The Hall–Kier alpha value is -5.66. The molecule has 0 saturated carbocycles. The zero-order valence-corrected chi connectivity index (χ0v) is 20.1. The fraction of sp³-hybridized carbons (Fsp3) is 0.0833. The molecule has 0 aliphatic carbocycles. The SMILES string of the molecule is Cc1ccc(Nc2nc(N/N=C/c3cccc([N+](=O)[O-])c3O)nc(Nc3ccc([N+](=O)[O-])cc3)n2)cc1C. The summed E-state index contributed by atoms with van der Waals surface area (Å²) in [5.41, 5.74) is 5.62. The maximum absolute atomic E-state index is 11.0. The van der Waals surface area contributed by atoms with Gasteiger partial charge in [0, 0.05) is 35.1 Å². The summed E-state index contributed by atoms with van der Waals surface area (Å²) in [4.78, 5) is 33.7. The number of phenolic OH excluding ortho intramolecular Hbond substituents is 1. The molecule has 14 nitrogen and oxygen atoms in total. The fourth-order valence-corrected chi connectivity index (χ4v) is 3.24. The van der Waals surface area contributed by atoms with E-state index < -0.39 is 21.3 Å². The molecule has 0 aliphatic heterocycles. The number of hydrazone groups is 1. The second kappa shape index (κ2) is 10.9. The van der Waals surface area contributed by atoms with Gasteiger partial charge in [-0.15, -0.1) is 0 Å². The number of hydrogen-bond donors (Lipinski definition) is 4. The molecule has 0 unspecified atom stereocenters. The highest BCUT2D eigenvalue weighted by Gasteiger charge is 2.15. The Morgan fingerprint density at radius 1 is 0.816 bits per heavy atom. The number of benzene rings is 3. The van der Waals surface area contributed by atoms with Gasteiger partial charge in [0.25, 0.3) is 5.69 Å². The van der Waals surface area contributed by atoms with Gasteiger partial charge < -0.3 is 15.7 Å². The Balaban J connectivity index is 1.62. The van der Waals surface area contributed by atoms with E-state index in [-0.39, 0.29) is 29.1 Å². The third-order valence-corrected chi connectivity index (χ3v) is 5.34. The summed E-state index contributed by atoms with van der Waals surface area (Å²) in [6.07, 6.45) is 1.19. The summed E-state index contributed by atoms with van der Waals surface area (Å²) in [6, 6.07) is 15.5. The Kier molecular flexibility index (Phi) is 7.33. The van der Waals surface area contributed by atoms with Gasteiger partial charge in [-0.05, 0) is 55.3 Å². The van der Waals surface area contributed by atoms with E-state index in [0.29, 0.717) is 5.69 Å². The number of nitrogens with one attached hydrogen (secondary N) is 3. The zero-order valence-electron chi connectivity index (χ0n) is 20.1. The van der Waals surface area contributed by atoms with E-state index in [1.54, 1.807) is 0 Å². The number of rotatable bonds is 9. The van der Waals surface area contributed by atoms with Crippen LogP contribution in [-0.4, -0.2) is 36.1 Å². The largest absolute Gasteiger partial charge is 0.502 e. The van der Waals surface area contributed by atoms with Crippen molar-refractivity contribution in [3.05, 3.63) is 97.6 Å².